The van der Waals surface area contributed by atoms with Gasteiger partial charge in [-0.15, -0.1) is 0 Å². The second kappa shape index (κ2) is 17.6. The van der Waals surface area contributed by atoms with Gasteiger partial charge < -0.3 is 45.7 Å². The summed E-state index contributed by atoms with van der Waals surface area (Å²) in [6.07, 6.45) is -4.77. The van der Waals surface area contributed by atoms with Gasteiger partial charge in [0.2, 0.25) is 23.6 Å². The molecule has 46 heavy (non-hydrogen) atoms. The highest BCUT2D eigenvalue weighted by Crippen LogP contribution is 2.28. The van der Waals surface area contributed by atoms with E-state index in [9.17, 15) is 43.8 Å². The van der Waals surface area contributed by atoms with Gasteiger partial charge in [-0.1, -0.05) is 27.7 Å². The van der Waals surface area contributed by atoms with Crippen molar-refractivity contribution in [1.29, 1.82) is 0 Å². The van der Waals surface area contributed by atoms with Gasteiger partial charge in [-0.05, 0) is 45.4 Å². The molecule has 0 radical (unpaired) electrons. The van der Waals surface area contributed by atoms with Crippen LogP contribution in [0.15, 0.2) is 0 Å². The van der Waals surface area contributed by atoms with Gasteiger partial charge in [0.1, 0.15) is 42.0 Å². The number of carbonyl (C=O) groups is 7. The number of amides is 5. The highest BCUT2D eigenvalue weighted by atomic mass is 16.6. The number of likely N-dealkylation sites (tertiary alicyclic amines) is 1. The van der Waals surface area contributed by atoms with Crippen molar-refractivity contribution in [2.75, 3.05) is 27.3 Å². The van der Waals surface area contributed by atoms with Crippen molar-refractivity contribution < 1.29 is 58.0 Å². The monoisotopic (exact) mass is 659 g/mol. The van der Waals surface area contributed by atoms with E-state index in [1.165, 1.54) is 20.8 Å². The first kappa shape index (κ1) is 40.0. The minimum atomic E-state index is -2.02. The molecule has 17 heteroatoms. The number of hydrogen-bond acceptors (Lipinski definition) is 12. The van der Waals surface area contributed by atoms with Crippen LogP contribution in [0.2, 0.25) is 0 Å². The zero-order chi connectivity index (χ0) is 35.5. The Morgan fingerprint density at radius 2 is 1.04 bits per heavy atom. The number of nitrogens with zero attached hydrogens (tertiary/aromatic N) is 1. The summed E-state index contributed by atoms with van der Waals surface area (Å²) in [5.41, 5.74) is -1.13. The average Bonchev–Trinajstić information content (AvgIpc) is 3.21. The van der Waals surface area contributed by atoms with Crippen molar-refractivity contribution in [3.63, 3.8) is 0 Å². The summed E-state index contributed by atoms with van der Waals surface area (Å²) >= 11 is 0. The van der Waals surface area contributed by atoms with Crippen LogP contribution in [0, 0.1) is 11.8 Å². The lowest BCUT2D eigenvalue weighted by Gasteiger charge is -2.31. The van der Waals surface area contributed by atoms with E-state index >= 15 is 0 Å². The Labute approximate surface area is 268 Å². The van der Waals surface area contributed by atoms with Crippen molar-refractivity contribution in [3.05, 3.63) is 0 Å². The predicted molar refractivity (Wildman–Crippen MR) is 160 cm³/mol. The maximum Gasteiger partial charge on any atom is 0.411 e. The van der Waals surface area contributed by atoms with Gasteiger partial charge in [0.25, 0.3) is 0 Å². The second-order valence-corrected chi connectivity index (χ2v) is 12.7. The van der Waals surface area contributed by atoms with Crippen LogP contribution in [-0.4, -0.2) is 126 Å². The second-order valence-electron chi connectivity index (χ2n) is 12.7. The molecular formula is C29H49N5O12. The fourth-order valence-corrected chi connectivity index (χ4v) is 4.67. The highest BCUT2D eigenvalue weighted by molar-refractivity contribution is 5.96. The molecular weight excluding hydrogens is 610 g/mol. The van der Waals surface area contributed by atoms with E-state index in [0.717, 1.165) is 14.2 Å². The largest absolute Gasteiger partial charge is 0.467 e. The van der Waals surface area contributed by atoms with Gasteiger partial charge in [-0.25, -0.2) is 14.4 Å². The number of esters is 2. The molecule has 1 rings (SSSR count). The molecule has 17 nitrogen and oxygen atoms in total. The maximum atomic E-state index is 13.2. The first-order valence-electron chi connectivity index (χ1n) is 14.9. The summed E-state index contributed by atoms with van der Waals surface area (Å²) in [6, 6.07) is -5.79. The number of methoxy groups -OCH3 is 2. The molecule has 1 saturated heterocycles. The Morgan fingerprint density at radius 3 is 1.33 bits per heavy atom. The van der Waals surface area contributed by atoms with Crippen LogP contribution < -0.4 is 21.3 Å². The first-order chi connectivity index (χ1) is 21.2. The highest BCUT2D eigenvalue weighted by Gasteiger charge is 2.57. The lowest BCUT2D eigenvalue weighted by molar-refractivity contribution is -0.145. The first-order valence-corrected chi connectivity index (χ1v) is 14.9. The van der Waals surface area contributed by atoms with Gasteiger partial charge in [-0.2, -0.15) is 0 Å². The molecule has 0 unspecified atom stereocenters. The minimum Gasteiger partial charge on any atom is -0.467 e. The molecule has 0 aromatic rings. The van der Waals surface area contributed by atoms with E-state index in [-0.39, 0.29) is 24.7 Å². The summed E-state index contributed by atoms with van der Waals surface area (Å²) in [6.45, 7) is 10.4. The Morgan fingerprint density at radius 1 is 0.696 bits per heavy atom. The molecule has 0 aromatic carbocycles. The standard InChI is InChI=1S/C29H49N5O12/c1-14(2)10-16(26(41)44-8)32-18(35)12-30-24(39)20-22(37)23(38)21(34(20)28(43)46-29(5,6)7)25(40)31-13-19(36)33-17(11-15(3)4)27(42)45-9/h14-17,20-23,37-38H,10-13H2,1-9H3,(H,30,39)(H,31,40)(H,32,35)(H,33,36)/t16-,17-,20+,21+,22+,23+/m0/s1. The van der Waals surface area contributed by atoms with Crippen LogP contribution in [0.25, 0.3) is 0 Å². The lowest BCUT2D eigenvalue weighted by atomic mass is 10.0. The Bertz CT molecular complexity index is 1050. The fraction of sp³-hybridized carbons (Fsp3) is 0.759. The predicted octanol–water partition coefficient (Wildman–Crippen LogP) is -1.66. The molecule has 1 heterocycles. The van der Waals surface area contributed by atoms with Gasteiger partial charge in [0, 0.05) is 0 Å². The van der Waals surface area contributed by atoms with E-state index in [1.807, 2.05) is 27.7 Å². The number of aliphatic hydroxyl groups is 2. The van der Waals surface area contributed by atoms with Crippen LogP contribution in [0.4, 0.5) is 4.79 Å². The van der Waals surface area contributed by atoms with E-state index in [2.05, 4.69) is 21.3 Å². The van der Waals surface area contributed by atoms with Crippen LogP contribution in [-0.2, 0) is 43.0 Å². The van der Waals surface area contributed by atoms with Gasteiger partial charge in [-0.3, -0.25) is 24.1 Å². The average molecular weight is 660 g/mol. The summed E-state index contributed by atoms with van der Waals surface area (Å²) in [4.78, 5) is 89.4. The molecule has 5 amide bonds. The quantitative estimate of drug-likeness (QED) is 0.0907. The minimum absolute atomic E-state index is 0.0139. The summed E-state index contributed by atoms with van der Waals surface area (Å²) in [7, 11) is 2.32. The van der Waals surface area contributed by atoms with E-state index in [4.69, 9.17) is 14.2 Å². The van der Waals surface area contributed by atoms with Gasteiger partial charge in [0.05, 0.1) is 27.3 Å². The Balaban J connectivity index is 3.14. The number of ether oxygens (including phenoxy) is 3. The molecule has 1 aliphatic rings. The van der Waals surface area contributed by atoms with Crippen molar-refractivity contribution in [2.24, 2.45) is 11.8 Å². The SMILES string of the molecule is COC(=O)[C@H](CC(C)C)NC(=O)CNC(=O)[C@H]1[C@@H](O)[C@H](O)[C@H](C(=O)NCC(=O)N[C@@H](CC(C)C)C(=O)OC)N1C(=O)OC(C)(C)C. The van der Waals surface area contributed by atoms with E-state index < -0.39 is 96.7 Å². The van der Waals surface area contributed by atoms with Crippen LogP contribution >= 0.6 is 0 Å². The molecule has 1 fully saturated rings. The summed E-state index contributed by atoms with van der Waals surface area (Å²) in [5, 5.41) is 31.0. The molecule has 0 bridgehead atoms. The molecule has 262 valence electrons. The zero-order valence-electron chi connectivity index (χ0n) is 27.9. The third-order valence-corrected chi connectivity index (χ3v) is 6.64. The number of hydrogen-bond donors (Lipinski definition) is 6. The molecule has 0 spiro atoms. The Kier molecular flexibility index (Phi) is 15.3. The topological polar surface area (TPSA) is 239 Å². The van der Waals surface area contributed by atoms with E-state index in [0.29, 0.717) is 4.90 Å². The zero-order valence-corrected chi connectivity index (χ0v) is 27.9. The third kappa shape index (κ3) is 12.1. The normalized spacial score (nSPS) is 20.8. The number of aliphatic hydroxyl groups excluding tert-OH is 2. The smallest absolute Gasteiger partial charge is 0.411 e. The van der Waals surface area contributed by atoms with Crippen LogP contribution in [0.1, 0.15) is 61.3 Å². The number of carbonyl (C=O) groups excluding carboxylic acids is 7. The lowest BCUT2D eigenvalue weighted by Crippen LogP contribution is -2.57. The molecule has 1 aliphatic heterocycles. The molecule has 0 aliphatic carbocycles. The molecule has 6 N–H and O–H groups in total. The van der Waals surface area contributed by atoms with Crippen molar-refractivity contribution in [1.82, 2.24) is 26.2 Å². The third-order valence-electron chi connectivity index (χ3n) is 6.64. The molecule has 0 aromatic heterocycles. The molecule has 6 atom stereocenters. The van der Waals surface area contributed by atoms with Crippen LogP contribution in [0.3, 0.4) is 0 Å². The summed E-state index contributed by atoms with van der Waals surface area (Å²) < 4.78 is 14.7. The fourth-order valence-electron chi connectivity index (χ4n) is 4.67. The van der Waals surface area contributed by atoms with Crippen molar-refractivity contribution >= 4 is 41.7 Å². The van der Waals surface area contributed by atoms with Crippen molar-refractivity contribution in [2.45, 2.75) is 103 Å². The number of nitrogens with one attached hydrogen (secondary N) is 4. The van der Waals surface area contributed by atoms with Gasteiger partial charge in [0.15, 0.2) is 0 Å². The van der Waals surface area contributed by atoms with E-state index in [1.54, 1.807) is 0 Å². The van der Waals surface area contributed by atoms with Crippen molar-refractivity contribution in [3.8, 4) is 0 Å². The Hall–Kier alpha value is -3.99. The van der Waals surface area contributed by atoms with Crippen LogP contribution in [0.5, 0.6) is 0 Å². The summed E-state index contributed by atoms with van der Waals surface area (Å²) in [5.74, 6) is -5.17. The molecule has 0 saturated carbocycles. The van der Waals surface area contributed by atoms with Gasteiger partial charge >= 0.3 is 18.0 Å². The maximum absolute atomic E-state index is 13.2. The number of rotatable bonds is 14.